The SMILES string of the molecule is O=C1C2C3CCCN3C3(C(=O)Nc4ccc(Cl)cc43)C2C(=O)N1c1ccc2c(c1)OCCO2. The summed E-state index contributed by atoms with van der Waals surface area (Å²) in [4.78, 5) is 44.7. The van der Waals surface area contributed by atoms with E-state index in [4.69, 9.17) is 21.1 Å². The van der Waals surface area contributed by atoms with Crippen molar-refractivity contribution in [3.05, 3.63) is 47.0 Å². The van der Waals surface area contributed by atoms with Gasteiger partial charge in [-0.05, 0) is 49.7 Å². The second-order valence-electron chi connectivity index (χ2n) is 9.16. The second kappa shape index (κ2) is 6.48. The first-order chi connectivity index (χ1) is 16.0. The Balaban J connectivity index is 1.39. The number of nitrogens with one attached hydrogen (secondary N) is 1. The molecule has 8 nitrogen and oxygen atoms in total. The van der Waals surface area contributed by atoms with Crippen LogP contribution in [-0.4, -0.2) is 48.4 Å². The van der Waals surface area contributed by atoms with Gasteiger partial charge in [-0.2, -0.15) is 0 Å². The van der Waals surface area contributed by atoms with E-state index in [0.29, 0.717) is 53.2 Å². The summed E-state index contributed by atoms with van der Waals surface area (Å²) in [6, 6.07) is 10.2. The van der Waals surface area contributed by atoms with Gasteiger partial charge in [-0.25, -0.2) is 4.90 Å². The molecular formula is C24H20ClN3O5. The lowest BCUT2D eigenvalue weighted by molar-refractivity contribution is -0.135. The highest BCUT2D eigenvalue weighted by Gasteiger charge is 2.74. The van der Waals surface area contributed by atoms with Gasteiger partial charge < -0.3 is 14.8 Å². The number of fused-ring (bicyclic) bond motifs is 8. The quantitative estimate of drug-likeness (QED) is 0.651. The molecule has 1 spiro atoms. The van der Waals surface area contributed by atoms with Crippen molar-refractivity contribution in [3.63, 3.8) is 0 Å². The Hall–Kier alpha value is -3.10. The third-order valence-corrected chi connectivity index (χ3v) is 7.97. The highest BCUT2D eigenvalue weighted by atomic mass is 35.5. The standard InChI is InChI=1S/C24H20ClN3O5/c25-12-3-5-15-14(10-12)24(23(31)26-15)20-19(16-2-1-7-27(16)24)21(29)28(22(20)30)13-4-6-17-18(11-13)33-9-8-32-17/h3-6,10-11,16,19-20H,1-2,7-9H2,(H,26,31). The molecule has 0 bridgehead atoms. The number of anilines is 2. The minimum absolute atomic E-state index is 0.177. The molecule has 2 aromatic rings. The smallest absolute Gasteiger partial charge is 0.250 e. The first kappa shape index (κ1) is 19.4. The van der Waals surface area contributed by atoms with Crippen LogP contribution in [-0.2, 0) is 19.9 Å². The van der Waals surface area contributed by atoms with E-state index in [1.165, 1.54) is 4.90 Å². The molecule has 9 heteroatoms. The molecule has 0 aliphatic carbocycles. The van der Waals surface area contributed by atoms with Crippen LogP contribution in [0.4, 0.5) is 11.4 Å². The molecule has 3 amide bonds. The average Bonchev–Trinajstić information content (AvgIpc) is 3.52. The monoisotopic (exact) mass is 465 g/mol. The predicted molar refractivity (Wildman–Crippen MR) is 118 cm³/mol. The van der Waals surface area contributed by atoms with Crippen molar-refractivity contribution in [2.45, 2.75) is 24.4 Å². The van der Waals surface area contributed by atoms with E-state index >= 15 is 0 Å². The Morgan fingerprint density at radius 2 is 1.82 bits per heavy atom. The molecule has 4 unspecified atom stereocenters. The summed E-state index contributed by atoms with van der Waals surface area (Å²) in [5.41, 5.74) is 0.535. The van der Waals surface area contributed by atoms with Crippen molar-refractivity contribution in [1.29, 1.82) is 0 Å². The summed E-state index contributed by atoms with van der Waals surface area (Å²) in [6.45, 7) is 1.51. The number of rotatable bonds is 1. The molecule has 168 valence electrons. The molecule has 7 rings (SSSR count). The maximum atomic E-state index is 14.0. The van der Waals surface area contributed by atoms with Crippen molar-refractivity contribution in [2.24, 2.45) is 11.8 Å². The van der Waals surface area contributed by atoms with E-state index in [0.717, 1.165) is 12.8 Å². The van der Waals surface area contributed by atoms with Crippen LogP contribution in [0.25, 0.3) is 0 Å². The number of halogens is 1. The van der Waals surface area contributed by atoms with Gasteiger partial charge in [0, 0.05) is 28.4 Å². The minimum Gasteiger partial charge on any atom is -0.486 e. The van der Waals surface area contributed by atoms with Gasteiger partial charge in [0.2, 0.25) is 17.7 Å². The second-order valence-corrected chi connectivity index (χ2v) is 9.59. The predicted octanol–water partition coefficient (Wildman–Crippen LogP) is 2.54. The third kappa shape index (κ3) is 2.27. The van der Waals surface area contributed by atoms with E-state index < -0.39 is 17.4 Å². The number of nitrogens with zero attached hydrogens (tertiary/aromatic N) is 2. The molecule has 33 heavy (non-hydrogen) atoms. The molecule has 0 aromatic heterocycles. The first-order valence-corrected chi connectivity index (χ1v) is 11.6. The maximum Gasteiger partial charge on any atom is 0.250 e. The van der Waals surface area contributed by atoms with E-state index in [2.05, 4.69) is 10.2 Å². The fourth-order valence-corrected chi connectivity index (χ4v) is 6.77. The molecule has 3 fully saturated rings. The normalized spacial score (nSPS) is 31.7. The third-order valence-electron chi connectivity index (χ3n) is 7.74. The molecule has 1 N–H and O–H groups in total. The van der Waals surface area contributed by atoms with E-state index in [9.17, 15) is 14.4 Å². The van der Waals surface area contributed by atoms with Crippen LogP contribution in [0.3, 0.4) is 0 Å². The molecule has 5 aliphatic heterocycles. The summed E-state index contributed by atoms with van der Waals surface area (Å²) in [7, 11) is 0. The molecule has 4 atom stereocenters. The van der Waals surface area contributed by atoms with Crippen molar-refractivity contribution >= 4 is 40.7 Å². The number of amides is 3. The Kier molecular flexibility index (Phi) is 3.81. The van der Waals surface area contributed by atoms with Crippen molar-refractivity contribution in [3.8, 4) is 11.5 Å². The zero-order valence-corrected chi connectivity index (χ0v) is 18.3. The summed E-state index contributed by atoms with van der Waals surface area (Å²) < 4.78 is 11.2. The summed E-state index contributed by atoms with van der Waals surface area (Å²) in [5.74, 6) is -1.21. The molecule has 0 saturated carbocycles. The maximum absolute atomic E-state index is 14.0. The van der Waals surface area contributed by atoms with E-state index in [1.807, 2.05) is 0 Å². The highest BCUT2D eigenvalue weighted by molar-refractivity contribution is 6.31. The van der Waals surface area contributed by atoms with Gasteiger partial charge in [-0.3, -0.25) is 19.3 Å². The van der Waals surface area contributed by atoms with Gasteiger partial charge in [0.15, 0.2) is 11.5 Å². The van der Waals surface area contributed by atoms with Crippen molar-refractivity contribution in [2.75, 3.05) is 30.0 Å². The van der Waals surface area contributed by atoms with Crippen LogP contribution >= 0.6 is 11.6 Å². The number of benzene rings is 2. The lowest BCUT2D eigenvalue weighted by atomic mass is 9.75. The topological polar surface area (TPSA) is 88.2 Å². The van der Waals surface area contributed by atoms with Gasteiger partial charge >= 0.3 is 0 Å². The van der Waals surface area contributed by atoms with Crippen LogP contribution in [0.5, 0.6) is 11.5 Å². The van der Waals surface area contributed by atoms with Gasteiger partial charge in [0.25, 0.3) is 0 Å². The number of hydrogen-bond acceptors (Lipinski definition) is 6. The number of carbonyl (C=O) groups excluding carboxylic acids is 3. The van der Waals surface area contributed by atoms with Gasteiger partial charge in [-0.15, -0.1) is 0 Å². The fourth-order valence-electron chi connectivity index (χ4n) is 6.60. The van der Waals surface area contributed by atoms with Gasteiger partial charge in [0.05, 0.1) is 17.5 Å². The number of imide groups is 1. The summed E-state index contributed by atoms with van der Waals surface area (Å²) in [6.07, 6.45) is 1.63. The lowest BCUT2D eigenvalue weighted by Gasteiger charge is -2.36. The number of hydrogen-bond donors (Lipinski definition) is 1. The van der Waals surface area contributed by atoms with Crippen LogP contribution in [0.15, 0.2) is 36.4 Å². The van der Waals surface area contributed by atoms with Crippen LogP contribution < -0.4 is 19.7 Å². The van der Waals surface area contributed by atoms with E-state index in [-0.39, 0.29) is 23.8 Å². The largest absolute Gasteiger partial charge is 0.486 e. The van der Waals surface area contributed by atoms with Crippen LogP contribution in [0.1, 0.15) is 18.4 Å². The molecular weight excluding hydrogens is 446 g/mol. The number of carbonyl (C=O) groups is 3. The Morgan fingerprint density at radius 1 is 1.00 bits per heavy atom. The van der Waals surface area contributed by atoms with Crippen molar-refractivity contribution < 1.29 is 23.9 Å². The molecule has 5 heterocycles. The minimum atomic E-state index is -1.23. The molecule has 5 aliphatic rings. The Bertz CT molecular complexity index is 1260. The first-order valence-electron chi connectivity index (χ1n) is 11.2. The Labute approximate surface area is 194 Å². The Morgan fingerprint density at radius 3 is 2.67 bits per heavy atom. The lowest BCUT2D eigenvalue weighted by Crippen LogP contribution is -2.54. The summed E-state index contributed by atoms with van der Waals surface area (Å²) >= 11 is 6.33. The molecule has 3 saturated heterocycles. The fraction of sp³-hybridized carbons (Fsp3) is 0.375. The van der Waals surface area contributed by atoms with Crippen LogP contribution in [0.2, 0.25) is 5.02 Å². The molecule has 0 radical (unpaired) electrons. The van der Waals surface area contributed by atoms with Gasteiger partial charge in [0.1, 0.15) is 18.8 Å². The van der Waals surface area contributed by atoms with Crippen molar-refractivity contribution in [1.82, 2.24) is 4.90 Å². The van der Waals surface area contributed by atoms with Crippen LogP contribution in [0, 0.1) is 11.8 Å². The number of ether oxygens (including phenoxy) is 2. The molecule has 2 aromatic carbocycles. The highest BCUT2D eigenvalue weighted by Crippen LogP contribution is 2.61. The zero-order chi connectivity index (χ0) is 22.5. The zero-order valence-electron chi connectivity index (χ0n) is 17.5. The average molecular weight is 466 g/mol. The van der Waals surface area contributed by atoms with E-state index in [1.54, 1.807) is 36.4 Å². The summed E-state index contributed by atoms with van der Waals surface area (Å²) in [5, 5.41) is 3.45. The van der Waals surface area contributed by atoms with Gasteiger partial charge in [-0.1, -0.05) is 11.6 Å².